The monoisotopic (exact) mass is 331 g/mol. The zero-order valence-electron chi connectivity index (χ0n) is 10.3. The van der Waals surface area contributed by atoms with Crippen molar-refractivity contribution in [2.24, 2.45) is 0 Å². The highest BCUT2D eigenvalue weighted by atomic mass is 79.9. The molecule has 3 heteroatoms. The molecule has 0 aliphatic carbocycles. The van der Waals surface area contributed by atoms with E-state index in [4.69, 9.17) is 11.6 Å². The molecule has 0 fully saturated rings. The first-order valence-electron chi connectivity index (χ1n) is 5.76. The molecule has 0 bridgehead atoms. The Balaban J connectivity index is 2.63. The molecule has 2 rings (SSSR count). The molecule has 94 valence electrons. The van der Waals surface area contributed by atoms with E-state index in [1.54, 1.807) is 0 Å². The molecule has 0 heterocycles. The van der Waals surface area contributed by atoms with E-state index in [-0.39, 0.29) is 0 Å². The first-order valence-corrected chi connectivity index (χ1v) is 6.93. The molecule has 0 spiro atoms. The van der Waals surface area contributed by atoms with Gasteiger partial charge in [-0.2, -0.15) is 5.26 Å². The molecular formula is C16H11BrClN. The smallest absolute Gasteiger partial charge is 0.101 e. The second-order valence-electron chi connectivity index (χ2n) is 4.08. The number of nitriles is 1. The minimum Gasteiger partial charge on any atom is -0.192 e. The predicted molar refractivity (Wildman–Crippen MR) is 83.6 cm³/mol. The zero-order chi connectivity index (χ0) is 13.8. The van der Waals surface area contributed by atoms with Gasteiger partial charge in [0.25, 0.3) is 0 Å². The lowest BCUT2D eigenvalue weighted by Crippen LogP contribution is -1.90. The Morgan fingerprint density at radius 2 is 1.79 bits per heavy atom. The number of hydrogen-bond donors (Lipinski definition) is 0. The van der Waals surface area contributed by atoms with Gasteiger partial charge >= 0.3 is 0 Å². The van der Waals surface area contributed by atoms with Gasteiger partial charge in [0.05, 0.1) is 10.6 Å². The minimum atomic E-state index is 0.479. The first-order chi connectivity index (χ1) is 9.15. The fourth-order valence-electron chi connectivity index (χ4n) is 1.83. The van der Waals surface area contributed by atoms with E-state index < -0.39 is 0 Å². The third-order valence-electron chi connectivity index (χ3n) is 2.90. The quantitative estimate of drug-likeness (QED) is 0.534. The van der Waals surface area contributed by atoms with Crippen molar-refractivity contribution in [1.29, 1.82) is 5.26 Å². The van der Waals surface area contributed by atoms with Crippen LogP contribution in [0.4, 0.5) is 0 Å². The topological polar surface area (TPSA) is 23.8 Å². The first kappa shape index (κ1) is 13.9. The summed E-state index contributed by atoms with van der Waals surface area (Å²) < 4.78 is 0.980. The summed E-state index contributed by atoms with van der Waals surface area (Å²) >= 11 is 9.90. The zero-order valence-corrected chi connectivity index (χ0v) is 12.7. The van der Waals surface area contributed by atoms with Crippen LogP contribution < -0.4 is 0 Å². The fraction of sp³-hybridized carbons (Fsp3) is 0.0625. The van der Waals surface area contributed by atoms with Gasteiger partial charge in [-0.3, -0.25) is 0 Å². The molecule has 2 aromatic carbocycles. The molecule has 0 aromatic heterocycles. The van der Waals surface area contributed by atoms with Gasteiger partial charge in [-0.25, -0.2) is 0 Å². The van der Waals surface area contributed by atoms with Gasteiger partial charge in [0, 0.05) is 4.47 Å². The SMILES string of the molecule is Cc1c(Br)cccc1C(Cl)=C(C#N)c1ccccc1. The van der Waals surface area contributed by atoms with Gasteiger partial charge in [-0.05, 0) is 29.7 Å². The Hall–Kier alpha value is -1.56. The molecule has 19 heavy (non-hydrogen) atoms. The average Bonchev–Trinajstić information content (AvgIpc) is 2.44. The van der Waals surface area contributed by atoms with E-state index in [0.717, 1.165) is 21.2 Å². The van der Waals surface area contributed by atoms with Gasteiger partial charge in [-0.1, -0.05) is 70.0 Å². The highest BCUT2D eigenvalue weighted by molar-refractivity contribution is 9.10. The van der Waals surface area contributed by atoms with Crippen LogP contribution in [0.2, 0.25) is 0 Å². The molecule has 0 unspecified atom stereocenters. The Morgan fingerprint density at radius 3 is 2.42 bits per heavy atom. The normalized spacial score (nSPS) is 11.7. The Kier molecular flexibility index (Phi) is 4.42. The average molecular weight is 333 g/mol. The van der Waals surface area contributed by atoms with E-state index in [1.165, 1.54) is 0 Å². The van der Waals surface area contributed by atoms with Crippen molar-refractivity contribution in [2.75, 3.05) is 0 Å². The van der Waals surface area contributed by atoms with E-state index >= 15 is 0 Å². The molecule has 2 aromatic rings. The van der Waals surface area contributed by atoms with Crippen molar-refractivity contribution in [1.82, 2.24) is 0 Å². The van der Waals surface area contributed by atoms with E-state index in [2.05, 4.69) is 22.0 Å². The third-order valence-corrected chi connectivity index (χ3v) is 4.15. The molecule has 0 aliphatic rings. The Bertz CT molecular complexity index is 669. The number of hydrogen-bond acceptors (Lipinski definition) is 1. The van der Waals surface area contributed by atoms with Crippen molar-refractivity contribution < 1.29 is 0 Å². The van der Waals surface area contributed by atoms with Crippen molar-refractivity contribution in [3.63, 3.8) is 0 Å². The number of rotatable bonds is 2. The van der Waals surface area contributed by atoms with Crippen LogP contribution in [0.15, 0.2) is 53.0 Å². The van der Waals surface area contributed by atoms with Crippen molar-refractivity contribution >= 4 is 38.1 Å². The lowest BCUT2D eigenvalue weighted by molar-refractivity contribution is 1.40. The van der Waals surface area contributed by atoms with Gasteiger partial charge < -0.3 is 0 Å². The van der Waals surface area contributed by atoms with Crippen LogP contribution in [0, 0.1) is 18.3 Å². The standard InChI is InChI=1S/C16H11BrClN/c1-11-13(8-5-9-15(11)17)16(18)14(10-19)12-6-3-2-4-7-12/h2-9H,1H3. The Morgan fingerprint density at radius 1 is 1.11 bits per heavy atom. The van der Waals surface area contributed by atoms with Crippen molar-refractivity contribution in [3.05, 3.63) is 69.7 Å². The summed E-state index contributed by atoms with van der Waals surface area (Å²) in [4.78, 5) is 0. The summed E-state index contributed by atoms with van der Waals surface area (Å²) in [6.45, 7) is 1.97. The maximum absolute atomic E-state index is 9.37. The number of halogens is 2. The number of nitrogens with zero attached hydrogens (tertiary/aromatic N) is 1. The molecule has 0 saturated heterocycles. The van der Waals surface area contributed by atoms with E-state index in [1.807, 2.05) is 55.5 Å². The molecule has 0 radical (unpaired) electrons. The molecular weight excluding hydrogens is 322 g/mol. The summed E-state index contributed by atoms with van der Waals surface area (Å²) in [5.41, 5.74) is 3.21. The third kappa shape index (κ3) is 2.89. The summed E-state index contributed by atoms with van der Waals surface area (Å²) in [7, 11) is 0. The number of benzene rings is 2. The van der Waals surface area contributed by atoms with Crippen molar-refractivity contribution in [3.8, 4) is 6.07 Å². The maximum atomic E-state index is 9.37. The maximum Gasteiger partial charge on any atom is 0.101 e. The molecule has 0 aliphatic heterocycles. The molecule has 0 saturated carbocycles. The van der Waals surface area contributed by atoms with Gasteiger partial charge in [0.2, 0.25) is 0 Å². The lowest BCUT2D eigenvalue weighted by Gasteiger charge is -2.09. The van der Waals surface area contributed by atoms with E-state index in [0.29, 0.717) is 10.6 Å². The van der Waals surface area contributed by atoms with Gasteiger partial charge in [0.15, 0.2) is 0 Å². The Labute approximate surface area is 126 Å². The molecule has 0 N–H and O–H groups in total. The minimum absolute atomic E-state index is 0.479. The van der Waals surface area contributed by atoms with Gasteiger partial charge in [-0.15, -0.1) is 0 Å². The van der Waals surface area contributed by atoms with Crippen LogP contribution in [0.25, 0.3) is 10.6 Å². The second-order valence-corrected chi connectivity index (χ2v) is 5.31. The molecule has 0 amide bonds. The lowest BCUT2D eigenvalue weighted by atomic mass is 10.0. The van der Waals surface area contributed by atoms with Crippen LogP contribution in [0.3, 0.4) is 0 Å². The summed E-state index contributed by atoms with van der Waals surface area (Å²) in [5, 5.41) is 9.85. The van der Waals surface area contributed by atoms with Gasteiger partial charge in [0.1, 0.15) is 6.07 Å². The predicted octanol–water partition coefficient (Wildman–Crippen LogP) is 5.39. The van der Waals surface area contributed by atoms with Crippen LogP contribution >= 0.6 is 27.5 Å². The van der Waals surface area contributed by atoms with Crippen LogP contribution in [0.5, 0.6) is 0 Å². The largest absolute Gasteiger partial charge is 0.192 e. The fourth-order valence-corrected chi connectivity index (χ4v) is 2.55. The highest BCUT2D eigenvalue weighted by Crippen LogP contribution is 2.33. The van der Waals surface area contributed by atoms with Crippen molar-refractivity contribution in [2.45, 2.75) is 6.92 Å². The highest BCUT2D eigenvalue weighted by Gasteiger charge is 2.12. The van der Waals surface area contributed by atoms with Crippen LogP contribution in [-0.2, 0) is 0 Å². The molecule has 0 atom stereocenters. The van der Waals surface area contributed by atoms with E-state index in [9.17, 15) is 5.26 Å². The summed E-state index contributed by atoms with van der Waals surface area (Å²) in [6.07, 6.45) is 0. The summed E-state index contributed by atoms with van der Waals surface area (Å²) in [5.74, 6) is 0. The molecule has 1 nitrogen and oxygen atoms in total. The van der Waals surface area contributed by atoms with Crippen LogP contribution in [-0.4, -0.2) is 0 Å². The second kappa shape index (κ2) is 6.06. The van der Waals surface area contributed by atoms with Crippen LogP contribution in [0.1, 0.15) is 16.7 Å². The summed E-state index contributed by atoms with van der Waals surface area (Å²) in [6, 6.07) is 17.4. The number of allylic oxidation sites excluding steroid dienone is 1.